The van der Waals surface area contributed by atoms with Crippen molar-refractivity contribution in [3.8, 4) is 0 Å². The Morgan fingerprint density at radius 1 is 1.64 bits per heavy atom. The zero-order valence-electron chi connectivity index (χ0n) is 8.03. The van der Waals surface area contributed by atoms with Gasteiger partial charge in [-0.15, -0.1) is 10.2 Å². The van der Waals surface area contributed by atoms with E-state index in [1.54, 1.807) is 0 Å². The van der Waals surface area contributed by atoms with Crippen LogP contribution in [-0.2, 0) is 6.54 Å². The van der Waals surface area contributed by atoms with Crippen molar-refractivity contribution in [1.29, 1.82) is 0 Å². The van der Waals surface area contributed by atoms with Gasteiger partial charge in [0.15, 0.2) is 0 Å². The van der Waals surface area contributed by atoms with Crippen LogP contribution in [0.2, 0.25) is 4.47 Å². The van der Waals surface area contributed by atoms with Gasteiger partial charge in [0.1, 0.15) is 5.01 Å². The SMILES string of the molecule is CNC1CCN(Cc2nnc(Cl)s2)C1. The monoisotopic (exact) mass is 232 g/mol. The van der Waals surface area contributed by atoms with Crippen LogP contribution in [0.25, 0.3) is 0 Å². The van der Waals surface area contributed by atoms with Crippen molar-refractivity contribution in [3.05, 3.63) is 9.47 Å². The first-order valence-corrected chi connectivity index (χ1v) is 5.85. The Bertz CT molecular complexity index is 303. The highest BCUT2D eigenvalue weighted by Crippen LogP contribution is 2.18. The van der Waals surface area contributed by atoms with E-state index in [1.165, 1.54) is 17.8 Å². The molecule has 1 aliphatic rings. The predicted molar refractivity (Wildman–Crippen MR) is 57.7 cm³/mol. The van der Waals surface area contributed by atoms with Gasteiger partial charge in [0.2, 0.25) is 4.47 Å². The summed E-state index contributed by atoms with van der Waals surface area (Å²) in [6.45, 7) is 3.10. The zero-order valence-corrected chi connectivity index (χ0v) is 9.61. The van der Waals surface area contributed by atoms with E-state index >= 15 is 0 Å². The molecule has 1 unspecified atom stereocenters. The maximum atomic E-state index is 5.72. The van der Waals surface area contributed by atoms with Crippen LogP contribution in [0, 0.1) is 0 Å². The Labute approximate surface area is 92.3 Å². The maximum Gasteiger partial charge on any atom is 0.207 e. The van der Waals surface area contributed by atoms with Crippen molar-refractivity contribution in [3.63, 3.8) is 0 Å². The van der Waals surface area contributed by atoms with Gasteiger partial charge in [-0.1, -0.05) is 11.3 Å². The molecule has 1 saturated heterocycles. The molecular weight excluding hydrogens is 220 g/mol. The van der Waals surface area contributed by atoms with Crippen molar-refractivity contribution in [2.24, 2.45) is 0 Å². The second kappa shape index (κ2) is 4.53. The fourth-order valence-corrected chi connectivity index (χ4v) is 2.61. The summed E-state index contributed by atoms with van der Waals surface area (Å²) in [5.74, 6) is 0. The Morgan fingerprint density at radius 3 is 3.07 bits per heavy atom. The fourth-order valence-electron chi connectivity index (χ4n) is 1.70. The number of aromatic nitrogens is 2. The van der Waals surface area contributed by atoms with E-state index in [0.29, 0.717) is 10.5 Å². The average molecular weight is 233 g/mol. The molecule has 78 valence electrons. The highest BCUT2D eigenvalue weighted by molar-refractivity contribution is 7.15. The highest BCUT2D eigenvalue weighted by Gasteiger charge is 2.21. The number of nitrogens with one attached hydrogen (secondary N) is 1. The minimum atomic E-state index is 0.532. The molecule has 0 amide bonds. The lowest BCUT2D eigenvalue weighted by atomic mass is 10.3. The van der Waals surface area contributed by atoms with E-state index in [0.717, 1.165) is 24.6 Å². The van der Waals surface area contributed by atoms with Crippen LogP contribution in [0.3, 0.4) is 0 Å². The average Bonchev–Trinajstić information content (AvgIpc) is 2.76. The first-order chi connectivity index (χ1) is 6.78. The molecule has 0 aromatic carbocycles. The van der Waals surface area contributed by atoms with Gasteiger partial charge in [-0.05, 0) is 25.1 Å². The third-order valence-corrected chi connectivity index (χ3v) is 3.49. The number of hydrogen-bond acceptors (Lipinski definition) is 5. The van der Waals surface area contributed by atoms with E-state index in [4.69, 9.17) is 11.6 Å². The van der Waals surface area contributed by atoms with Gasteiger partial charge in [-0.3, -0.25) is 4.90 Å². The molecule has 1 aromatic heterocycles. The van der Waals surface area contributed by atoms with Crippen molar-refractivity contribution in [1.82, 2.24) is 20.4 Å². The smallest absolute Gasteiger partial charge is 0.207 e. The molecule has 0 saturated carbocycles. The summed E-state index contributed by atoms with van der Waals surface area (Å²) in [5.41, 5.74) is 0. The predicted octanol–water partition coefficient (Wildman–Crippen LogP) is 0.985. The summed E-state index contributed by atoms with van der Waals surface area (Å²) in [4.78, 5) is 2.37. The lowest BCUT2D eigenvalue weighted by molar-refractivity contribution is 0.321. The molecule has 0 aliphatic carbocycles. The quantitative estimate of drug-likeness (QED) is 0.844. The molecule has 1 aromatic rings. The minimum Gasteiger partial charge on any atom is -0.316 e. The molecule has 2 rings (SSSR count). The third kappa shape index (κ3) is 2.42. The molecule has 6 heteroatoms. The Hall–Kier alpha value is -0.230. The van der Waals surface area contributed by atoms with Crippen LogP contribution in [-0.4, -0.2) is 41.3 Å². The summed E-state index contributed by atoms with van der Waals surface area (Å²) in [7, 11) is 2.01. The van der Waals surface area contributed by atoms with Crippen LogP contribution in [0.5, 0.6) is 0 Å². The standard InChI is InChI=1S/C8H13ClN4S/c1-10-6-2-3-13(4-6)5-7-11-12-8(9)14-7/h6,10H,2-5H2,1H3. The summed E-state index contributed by atoms with van der Waals surface area (Å²) in [6, 6.07) is 0.624. The Morgan fingerprint density at radius 2 is 2.50 bits per heavy atom. The number of halogens is 1. The van der Waals surface area contributed by atoms with E-state index < -0.39 is 0 Å². The molecule has 1 aliphatic heterocycles. The minimum absolute atomic E-state index is 0.532. The van der Waals surface area contributed by atoms with Gasteiger partial charge < -0.3 is 5.32 Å². The lowest BCUT2D eigenvalue weighted by Crippen LogP contribution is -2.29. The maximum absolute atomic E-state index is 5.72. The molecule has 1 fully saturated rings. The molecule has 2 heterocycles. The van der Waals surface area contributed by atoms with Crippen molar-refractivity contribution >= 4 is 22.9 Å². The highest BCUT2D eigenvalue weighted by atomic mass is 35.5. The number of rotatable bonds is 3. The number of nitrogens with zero attached hydrogens (tertiary/aromatic N) is 3. The number of likely N-dealkylation sites (N-methyl/N-ethyl adjacent to an activating group) is 1. The summed E-state index contributed by atoms with van der Waals surface area (Å²) in [5, 5.41) is 12.1. The Balaban J connectivity index is 1.87. The van der Waals surface area contributed by atoms with E-state index in [2.05, 4.69) is 20.4 Å². The molecule has 0 radical (unpaired) electrons. The fraction of sp³-hybridized carbons (Fsp3) is 0.750. The van der Waals surface area contributed by atoms with Crippen LogP contribution in [0.15, 0.2) is 0 Å². The van der Waals surface area contributed by atoms with Gasteiger partial charge in [-0.2, -0.15) is 0 Å². The first-order valence-electron chi connectivity index (χ1n) is 4.65. The normalized spacial score (nSPS) is 23.1. The van der Waals surface area contributed by atoms with E-state index in [1.807, 2.05) is 7.05 Å². The van der Waals surface area contributed by atoms with Crippen LogP contribution in [0.1, 0.15) is 11.4 Å². The summed E-state index contributed by atoms with van der Waals surface area (Å²) < 4.78 is 0.532. The van der Waals surface area contributed by atoms with E-state index in [9.17, 15) is 0 Å². The van der Waals surface area contributed by atoms with Gasteiger partial charge >= 0.3 is 0 Å². The number of hydrogen-bond donors (Lipinski definition) is 1. The number of likely N-dealkylation sites (tertiary alicyclic amines) is 1. The van der Waals surface area contributed by atoms with Crippen molar-refractivity contribution < 1.29 is 0 Å². The molecule has 4 nitrogen and oxygen atoms in total. The molecule has 1 atom stereocenters. The van der Waals surface area contributed by atoms with Crippen molar-refractivity contribution in [2.45, 2.75) is 19.0 Å². The van der Waals surface area contributed by atoms with Gasteiger partial charge in [0, 0.05) is 19.1 Å². The Kier molecular flexibility index (Phi) is 3.33. The molecule has 14 heavy (non-hydrogen) atoms. The van der Waals surface area contributed by atoms with Gasteiger partial charge in [0.05, 0.1) is 6.54 Å². The topological polar surface area (TPSA) is 41.0 Å². The lowest BCUT2D eigenvalue weighted by Gasteiger charge is -2.13. The molecular formula is C8H13ClN4S. The third-order valence-electron chi connectivity index (χ3n) is 2.48. The van der Waals surface area contributed by atoms with Crippen LogP contribution in [0.4, 0.5) is 0 Å². The van der Waals surface area contributed by atoms with E-state index in [-0.39, 0.29) is 0 Å². The summed E-state index contributed by atoms with van der Waals surface area (Å²) in [6.07, 6.45) is 1.21. The molecule has 1 N–H and O–H groups in total. The van der Waals surface area contributed by atoms with Gasteiger partial charge in [-0.25, -0.2) is 0 Å². The largest absolute Gasteiger partial charge is 0.316 e. The summed E-state index contributed by atoms with van der Waals surface area (Å²) >= 11 is 7.18. The second-order valence-electron chi connectivity index (χ2n) is 3.46. The second-order valence-corrected chi connectivity index (χ2v) is 5.10. The molecule has 0 spiro atoms. The van der Waals surface area contributed by atoms with Crippen LogP contribution >= 0.6 is 22.9 Å². The molecule has 0 bridgehead atoms. The zero-order chi connectivity index (χ0) is 9.97. The van der Waals surface area contributed by atoms with Crippen molar-refractivity contribution in [2.75, 3.05) is 20.1 Å². The van der Waals surface area contributed by atoms with Gasteiger partial charge in [0.25, 0.3) is 0 Å². The van der Waals surface area contributed by atoms with Crippen LogP contribution < -0.4 is 5.32 Å². The first kappa shape index (κ1) is 10.3.